The highest BCUT2D eigenvalue weighted by Gasteiger charge is 2.09. The molecule has 90 valence electrons. The second kappa shape index (κ2) is 5.31. The Kier molecular flexibility index (Phi) is 3.78. The Bertz CT molecular complexity index is 481. The van der Waals surface area contributed by atoms with Crippen molar-refractivity contribution in [3.8, 4) is 5.75 Å². The van der Waals surface area contributed by atoms with E-state index in [9.17, 15) is 5.11 Å². The van der Waals surface area contributed by atoms with Gasteiger partial charge in [0.05, 0.1) is 17.1 Å². The Hall–Kier alpha value is -1.36. The summed E-state index contributed by atoms with van der Waals surface area (Å²) in [6.07, 6.45) is 2.92. The second-order valence-electron chi connectivity index (χ2n) is 3.88. The number of halogens is 1. The Morgan fingerprint density at radius 2 is 2.06 bits per heavy atom. The molecule has 1 aromatic heterocycles. The van der Waals surface area contributed by atoms with Crippen molar-refractivity contribution in [1.82, 2.24) is 15.0 Å². The number of phenolic OH excluding ortho intramolecular Hbond substituents is 1. The first-order chi connectivity index (χ1) is 8.19. The van der Waals surface area contributed by atoms with E-state index in [1.165, 1.54) is 0 Å². The molecule has 2 rings (SSSR count). The number of aromatic hydroxyl groups is 1. The van der Waals surface area contributed by atoms with Gasteiger partial charge in [0.25, 0.3) is 0 Å². The van der Waals surface area contributed by atoms with Gasteiger partial charge in [-0.1, -0.05) is 40.2 Å². The Labute approximate surface area is 108 Å². The quantitative estimate of drug-likeness (QED) is 0.883. The first kappa shape index (κ1) is 12.1. The summed E-state index contributed by atoms with van der Waals surface area (Å²) in [5, 5.41) is 17.4. The van der Waals surface area contributed by atoms with Gasteiger partial charge in [-0.15, -0.1) is 5.10 Å². The highest BCUT2D eigenvalue weighted by Crippen LogP contribution is 2.23. The predicted molar refractivity (Wildman–Crippen MR) is 69.2 cm³/mol. The minimum absolute atomic E-state index is 0.260. The fraction of sp³-hybridized carbons (Fsp3) is 0.333. The topological polar surface area (TPSA) is 50.9 Å². The van der Waals surface area contributed by atoms with Gasteiger partial charge >= 0.3 is 0 Å². The van der Waals surface area contributed by atoms with Gasteiger partial charge in [0.2, 0.25) is 0 Å². The van der Waals surface area contributed by atoms with Gasteiger partial charge in [-0.2, -0.15) is 0 Å². The van der Waals surface area contributed by atoms with Crippen LogP contribution in [0.25, 0.3) is 0 Å². The summed E-state index contributed by atoms with van der Waals surface area (Å²) in [5.41, 5.74) is 2.04. The maximum atomic E-state index is 9.19. The zero-order valence-electron chi connectivity index (χ0n) is 9.55. The lowest BCUT2D eigenvalue weighted by Gasteiger charge is -2.01. The number of alkyl halides is 1. The fourth-order valence-corrected chi connectivity index (χ4v) is 1.74. The van der Waals surface area contributed by atoms with E-state index in [4.69, 9.17) is 0 Å². The number of hydrogen-bond donors (Lipinski definition) is 1. The first-order valence-electron chi connectivity index (χ1n) is 5.51. The molecule has 1 unspecified atom stereocenters. The SMILES string of the molecule is CCC(Br)c1cn(Cc2ccc(O)cc2)nn1. The molecule has 0 amide bonds. The summed E-state index contributed by atoms with van der Waals surface area (Å²) in [5.74, 6) is 0.277. The standard InChI is InChI=1S/C12H14BrN3O/c1-2-11(13)12-8-16(15-14-12)7-9-3-5-10(17)6-4-9/h3-6,8,11,17H,2,7H2,1H3. The van der Waals surface area contributed by atoms with E-state index in [2.05, 4.69) is 33.2 Å². The summed E-state index contributed by atoms with van der Waals surface area (Å²) in [6, 6.07) is 7.10. The number of benzene rings is 1. The van der Waals surface area contributed by atoms with Crippen LogP contribution in [-0.4, -0.2) is 20.1 Å². The molecule has 0 aliphatic heterocycles. The molecule has 4 nitrogen and oxygen atoms in total. The van der Waals surface area contributed by atoms with Gasteiger partial charge in [0, 0.05) is 6.20 Å². The molecule has 2 aromatic rings. The van der Waals surface area contributed by atoms with E-state index >= 15 is 0 Å². The summed E-state index contributed by atoms with van der Waals surface area (Å²) in [6.45, 7) is 2.76. The highest BCUT2D eigenvalue weighted by molar-refractivity contribution is 9.09. The van der Waals surface area contributed by atoms with E-state index in [1.807, 2.05) is 18.3 Å². The van der Waals surface area contributed by atoms with Crippen LogP contribution in [0, 0.1) is 0 Å². The Morgan fingerprint density at radius 3 is 2.71 bits per heavy atom. The van der Waals surface area contributed by atoms with Crippen LogP contribution in [0.3, 0.4) is 0 Å². The van der Waals surface area contributed by atoms with Crippen LogP contribution >= 0.6 is 15.9 Å². The minimum Gasteiger partial charge on any atom is -0.508 e. The molecule has 1 N–H and O–H groups in total. The average molecular weight is 296 g/mol. The molecular weight excluding hydrogens is 282 g/mol. The molecule has 5 heteroatoms. The van der Waals surface area contributed by atoms with Crippen molar-refractivity contribution in [3.63, 3.8) is 0 Å². The number of rotatable bonds is 4. The smallest absolute Gasteiger partial charge is 0.115 e. The Balaban J connectivity index is 2.08. The summed E-state index contributed by atoms with van der Waals surface area (Å²) < 4.78 is 1.80. The molecule has 0 saturated heterocycles. The Morgan fingerprint density at radius 1 is 1.35 bits per heavy atom. The normalized spacial score (nSPS) is 12.6. The van der Waals surface area contributed by atoms with Crippen LogP contribution in [0.1, 0.15) is 29.4 Å². The molecule has 0 spiro atoms. The van der Waals surface area contributed by atoms with Gasteiger partial charge in [-0.3, -0.25) is 0 Å². The van der Waals surface area contributed by atoms with E-state index in [0.29, 0.717) is 6.54 Å². The van der Waals surface area contributed by atoms with Crippen molar-refractivity contribution in [2.45, 2.75) is 24.7 Å². The monoisotopic (exact) mass is 295 g/mol. The third kappa shape index (κ3) is 3.06. The van der Waals surface area contributed by atoms with Crippen LogP contribution in [0.5, 0.6) is 5.75 Å². The van der Waals surface area contributed by atoms with Gasteiger partial charge in [-0.25, -0.2) is 4.68 Å². The summed E-state index contributed by atoms with van der Waals surface area (Å²) in [7, 11) is 0. The molecule has 1 heterocycles. The maximum Gasteiger partial charge on any atom is 0.115 e. The average Bonchev–Trinajstić information content (AvgIpc) is 2.80. The molecule has 17 heavy (non-hydrogen) atoms. The minimum atomic E-state index is 0.260. The third-order valence-corrected chi connectivity index (χ3v) is 3.63. The van der Waals surface area contributed by atoms with Gasteiger partial charge in [-0.05, 0) is 24.1 Å². The number of hydrogen-bond acceptors (Lipinski definition) is 3. The molecule has 0 bridgehead atoms. The van der Waals surface area contributed by atoms with Crippen molar-refractivity contribution in [1.29, 1.82) is 0 Å². The summed E-state index contributed by atoms with van der Waals surface area (Å²) in [4.78, 5) is 0.260. The fourth-order valence-electron chi connectivity index (χ4n) is 1.53. The molecule has 0 saturated carbocycles. The lowest BCUT2D eigenvalue weighted by molar-refractivity contribution is 0.475. The highest BCUT2D eigenvalue weighted by atomic mass is 79.9. The number of nitrogens with zero attached hydrogens (tertiary/aromatic N) is 3. The predicted octanol–water partition coefficient (Wildman–Crippen LogP) is 2.88. The van der Waals surface area contributed by atoms with E-state index in [-0.39, 0.29) is 10.6 Å². The molecule has 0 fully saturated rings. The van der Waals surface area contributed by atoms with Crippen LogP contribution in [0.15, 0.2) is 30.5 Å². The van der Waals surface area contributed by atoms with Crippen LogP contribution < -0.4 is 0 Å². The first-order valence-corrected chi connectivity index (χ1v) is 6.42. The molecule has 1 atom stereocenters. The molecule has 0 radical (unpaired) electrons. The van der Waals surface area contributed by atoms with E-state index < -0.39 is 0 Å². The van der Waals surface area contributed by atoms with Crippen LogP contribution in [0.2, 0.25) is 0 Å². The van der Waals surface area contributed by atoms with Gasteiger partial charge < -0.3 is 5.11 Å². The zero-order chi connectivity index (χ0) is 12.3. The van der Waals surface area contributed by atoms with Crippen molar-refractivity contribution in [3.05, 3.63) is 41.7 Å². The largest absolute Gasteiger partial charge is 0.508 e. The molecule has 0 aliphatic rings. The lowest BCUT2D eigenvalue weighted by Crippen LogP contribution is -1.99. The molecule has 0 aliphatic carbocycles. The lowest BCUT2D eigenvalue weighted by atomic mass is 10.2. The number of phenols is 1. The molecular formula is C12H14BrN3O. The second-order valence-corrected chi connectivity index (χ2v) is 4.99. The van der Waals surface area contributed by atoms with Crippen molar-refractivity contribution >= 4 is 15.9 Å². The van der Waals surface area contributed by atoms with E-state index in [0.717, 1.165) is 17.7 Å². The molecule has 1 aromatic carbocycles. The number of aromatic nitrogens is 3. The van der Waals surface area contributed by atoms with Crippen LogP contribution in [0.4, 0.5) is 0 Å². The zero-order valence-corrected chi connectivity index (χ0v) is 11.1. The maximum absolute atomic E-state index is 9.19. The third-order valence-electron chi connectivity index (χ3n) is 2.52. The van der Waals surface area contributed by atoms with Crippen molar-refractivity contribution < 1.29 is 5.11 Å². The van der Waals surface area contributed by atoms with Crippen molar-refractivity contribution in [2.24, 2.45) is 0 Å². The summed E-state index contributed by atoms with van der Waals surface area (Å²) >= 11 is 3.54. The van der Waals surface area contributed by atoms with E-state index in [1.54, 1.807) is 16.8 Å². The van der Waals surface area contributed by atoms with Gasteiger partial charge in [0.15, 0.2) is 0 Å². The van der Waals surface area contributed by atoms with Crippen molar-refractivity contribution in [2.75, 3.05) is 0 Å². The van der Waals surface area contributed by atoms with Gasteiger partial charge in [0.1, 0.15) is 5.75 Å². The van der Waals surface area contributed by atoms with Crippen LogP contribution in [-0.2, 0) is 6.54 Å².